The number of carbonyl (C=O) groups excluding carboxylic acids is 2. The second kappa shape index (κ2) is 6.25. The van der Waals surface area contributed by atoms with Crippen LogP contribution < -0.4 is 11.5 Å². The van der Waals surface area contributed by atoms with Crippen molar-refractivity contribution in [2.24, 2.45) is 16.6 Å². The SMILES string of the molecule is NC(=O)C1CCCCN1C(=O)c1cccc(C(N)=NO)c1. The van der Waals surface area contributed by atoms with Crippen LogP contribution in [-0.2, 0) is 4.79 Å². The van der Waals surface area contributed by atoms with Gasteiger partial charge in [0.05, 0.1) is 0 Å². The van der Waals surface area contributed by atoms with Crippen LogP contribution in [0.4, 0.5) is 0 Å². The number of amides is 2. The van der Waals surface area contributed by atoms with E-state index in [-0.39, 0.29) is 11.7 Å². The first kappa shape index (κ1) is 14.8. The molecule has 1 unspecified atom stereocenters. The molecule has 1 aliphatic heterocycles. The molecule has 0 bridgehead atoms. The number of hydrogen-bond acceptors (Lipinski definition) is 4. The van der Waals surface area contributed by atoms with Gasteiger partial charge in [-0.3, -0.25) is 9.59 Å². The molecule has 1 saturated heterocycles. The Kier molecular flexibility index (Phi) is 4.42. The van der Waals surface area contributed by atoms with Crippen molar-refractivity contribution in [2.45, 2.75) is 25.3 Å². The van der Waals surface area contributed by atoms with Gasteiger partial charge >= 0.3 is 0 Å². The summed E-state index contributed by atoms with van der Waals surface area (Å²) in [6, 6.07) is 5.86. The Morgan fingerprint density at radius 3 is 2.62 bits per heavy atom. The van der Waals surface area contributed by atoms with Crippen molar-refractivity contribution >= 4 is 17.6 Å². The number of oxime groups is 1. The van der Waals surface area contributed by atoms with Crippen LogP contribution in [-0.4, -0.2) is 40.3 Å². The van der Waals surface area contributed by atoms with Gasteiger partial charge in [-0.15, -0.1) is 0 Å². The van der Waals surface area contributed by atoms with E-state index in [1.165, 1.54) is 11.0 Å². The number of hydrogen-bond donors (Lipinski definition) is 3. The molecule has 0 spiro atoms. The molecule has 5 N–H and O–H groups in total. The van der Waals surface area contributed by atoms with E-state index in [9.17, 15) is 9.59 Å². The number of carbonyl (C=O) groups is 2. The summed E-state index contributed by atoms with van der Waals surface area (Å²) in [5, 5.41) is 11.6. The predicted molar refractivity (Wildman–Crippen MR) is 76.8 cm³/mol. The van der Waals surface area contributed by atoms with Crippen LogP contribution in [0, 0.1) is 0 Å². The second-order valence-electron chi connectivity index (χ2n) is 4.98. The van der Waals surface area contributed by atoms with Crippen molar-refractivity contribution in [3.63, 3.8) is 0 Å². The molecule has 0 aromatic heterocycles. The van der Waals surface area contributed by atoms with E-state index in [1.54, 1.807) is 18.2 Å². The lowest BCUT2D eigenvalue weighted by Crippen LogP contribution is -2.50. The minimum Gasteiger partial charge on any atom is -0.409 e. The van der Waals surface area contributed by atoms with Gasteiger partial charge in [0.15, 0.2) is 5.84 Å². The molecule has 21 heavy (non-hydrogen) atoms. The topological polar surface area (TPSA) is 122 Å². The molecule has 1 aliphatic rings. The Morgan fingerprint density at radius 2 is 1.95 bits per heavy atom. The molecule has 2 rings (SSSR count). The number of piperidine rings is 1. The van der Waals surface area contributed by atoms with Gasteiger partial charge in [-0.05, 0) is 31.4 Å². The van der Waals surface area contributed by atoms with E-state index < -0.39 is 11.9 Å². The lowest BCUT2D eigenvalue weighted by molar-refractivity contribution is -0.123. The Balaban J connectivity index is 2.28. The molecule has 0 radical (unpaired) electrons. The first-order valence-electron chi connectivity index (χ1n) is 6.73. The van der Waals surface area contributed by atoms with Gasteiger partial charge in [0.1, 0.15) is 6.04 Å². The number of benzene rings is 1. The van der Waals surface area contributed by atoms with Gasteiger partial charge in [0.2, 0.25) is 5.91 Å². The van der Waals surface area contributed by atoms with Gasteiger partial charge in [0, 0.05) is 17.7 Å². The lowest BCUT2D eigenvalue weighted by Gasteiger charge is -2.33. The summed E-state index contributed by atoms with van der Waals surface area (Å²) in [6.45, 7) is 0.500. The number of rotatable bonds is 3. The zero-order valence-electron chi connectivity index (χ0n) is 11.5. The Hall–Kier alpha value is -2.57. The quantitative estimate of drug-likeness (QED) is 0.320. The van der Waals surface area contributed by atoms with Gasteiger partial charge < -0.3 is 21.6 Å². The summed E-state index contributed by atoms with van der Waals surface area (Å²) in [7, 11) is 0. The van der Waals surface area contributed by atoms with Gasteiger partial charge in [0.25, 0.3) is 5.91 Å². The smallest absolute Gasteiger partial charge is 0.254 e. The number of nitrogens with two attached hydrogens (primary N) is 2. The number of primary amides is 1. The van der Waals surface area contributed by atoms with E-state index in [1.807, 2.05) is 0 Å². The summed E-state index contributed by atoms with van der Waals surface area (Å²) in [5.74, 6) is -0.837. The van der Waals surface area contributed by atoms with Crippen molar-refractivity contribution in [2.75, 3.05) is 6.54 Å². The molecule has 7 heteroatoms. The van der Waals surface area contributed by atoms with E-state index in [4.69, 9.17) is 16.7 Å². The highest BCUT2D eigenvalue weighted by Gasteiger charge is 2.31. The van der Waals surface area contributed by atoms with Crippen molar-refractivity contribution in [3.05, 3.63) is 35.4 Å². The van der Waals surface area contributed by atoms with Crippen LogP contribution in [0.15, 0.2) is 29.4 Å². The Morgan fingerprint density at radius 1 is 1.24 bits per heavy atom. The summed E-state index contributed by atoms with van der Waals surface area (Å²) in [5.41, 5.74) is 11.7. The van der Waals surface area contributed by atoms with Gasteiger partial charge in [-0.25, -0.2) is 0 Å². The molecule has 0 saturated carbocycles. The summed E-state index contributed by atoms with van der Waals surface area (Å²) >= 11 is 0. The third kappa shape index (κ3) is 3.13. The predicted octanol–water partition coefficient (Wildman–Crippen LogP) is 0.261. The molecular weight excluding hydrogens is 272 g/mol. The Labute approximate surface area is 122 Å². The van der Waals surface area contributed by atoms with Crippen molar-refractivity contribution in [3.8, 4) is 0 Å². The Bertz CT molecular complexity index is 585. The molecular formula is C14H18N4O3. The standard InChI is InChI=1S/C14H18N4O3/c15-12(17-21)9-4-3-5-10(8-9)14(20)18-7-2-1-6-11(18)13(16)19/h3-5,8,11,21H,1-2,6-7H2,(H2,15,17)(H2,16,19). The average molecular weight is 290 g/mol. The maximum Gasteiger partial charge on any atom is 0.254 e. The first-order chi connectivity index (χ1) is 10.0. The number of likely N-dealkylation sites (tertiary alicyclic amines) is 1. The second-order valence-corrected chi connectivity index (χ2v) is 4.98. The third-order valence-electron chi connectivity index (χ3n) is 3.61. The fourth-order valence-electron chi connectivity index (χ4n) is 2.51. The number of nitrogens with zero attached hydrogens (tertiary/aromatic N) is 2. The fraction of sp³-hybridized carbons (Fsp3) is 0.357. The minimum atomic E-state index is -0.571. The van der Waals surface area contributed by atoms with Crippen molar-refractivity contribution < 1.29 is 14.8 Å². The fourth-order valence-corrected chi connectivity index (χ4v) is 2.51. The van der Waals surface area contributed by atoms with E-state index in [2.05, 4.69) is 5.16 Å². The zero-order chi connectivity index (χ0) is 15.4. The summed E-state index contributed by atoms with van der Waals surface area (Å²) in [6.07, 6.45) is 2.30. The van der Waals surface area contributed by atoms with Crippen molar-refractivity contribution in [1.82, 2.24) is 4.90 Å². The highest BCUT2D eigenvalue weighted by Crippen LogP contribution is 2.20. The first-order valence-corrected chi connectivity index (χ1v) is 6.73. The molecule has 0 aliphatic carbocycles. The summed E-state index contributed by atoms with van der Waals surface area (Å²) in [4.78, 5) is 25.5. The molecule has 1 aromatic rings. The summed E-state index contributed by atoms with van der Waals surface area (Å²) < 4.78 is 0. The largest absolute Gasteiger partial charge is 0.409 e. The highest BCUT2D eigenvalue weighted by molar-refractivity contribution is 6.02. The third-order valence-corrected chi connectivity index (χ3v) is 3.61. The zero-order valence-corrected chi connectivity index (χ0v) is 11.5. The minimum absolute atomic E-state index is 0.0743. The van der Waals surface area contributed by atoms with Gasteiger partial charge in [-0.1, -0.05) is 17.3 Å². The molecule has 1 fully saturated rings. The molecule has 1 heterocycles. The molecule has 7 nitrogen and oxygen atoms in total. The lowest BCUT2D eigenvalue weighted by atomic mass is 9.99. The number of amidine groups is 1. The average Bonchev–Trinajstić information content (AvgIpc) is 2.53. The van der Waals surface area contributed by atoms with Crippen LogP contribution in [0.3, 0.4) is 0 Å². The van der Waals surface area contributed by atoms with Crippen LogP contribution in [0.5, 0.6) is 0 Å². The van der Waals surface area contributed by atoms with Gasteiger partial charge in [-0.2, -0.15) is 0 Å². The van der Waals surface area contributed by atoms with E-state index in [0.717, 1.165) is 12.8 Å². The highest BCUT2D eigenvalue weighted by atomic mass is 16.4. The van der Waals surface area contributed by atoms with E-state index >= 15 is 0 Å². The monoisotopic (exact) mass is 290 g/mol. The van der Waals surface area contributed by atoms with Crippen LogP contribution in [0.2, 0.25) is 0 Å². The molecule has 112 valence electrons. The maximum absolute atomic E-state index is 12.6. The molecule has 2 amide bonds. The normalized spacial score (nSPS) is 19.3. The molecule has 1 atom stereocenters. The van der Waals surface area contributed by atoms with Crippen LogP contribution in [0.1, 0.15) is 35.2 Å². The van der Waals surface area contributed by atoms with E-state index in [0.29, 0.717) is 24.1 Å². The van der Waals surface area contributed by atoms with Crippen molar-refractivity contribution in [1.29, 1.82) is 0 Å². The van der Waals surface area contributed by atoms with Crippen LogP contribution >= 0.6 is 0 Å². The maximum atomic E-state index is 12.6. The molecule has 1 aromatic carbocycles. The van der Waals surface area contributed by atoms with Crippen LogP contribution in [0.25, 0.3) is 0 Å².